The average Bonchev–Trinajstić information content (AvgIpc) is 3.31. The van der Waals surface area contributed by atoms with Crippen LogP contribution in [0.25, 0.3) is 0 Å². The first-order valence-corrected chi connectivity index (χ1v) is 8.25. The lowest BCUT2D eigenvalue weighted by Crippen LogP contribution is -2.15. The molecule has 1 aliphatic rings. The number of esters is 1. The van der Waals surface area contributed by atoms with E-state index in [-0.39, 0.29) is 24.8 Å². The molecule has 0 saturated carbocycles. The number of benzene rings is 1. The highest BCUT2D eigenvalue weighted by Crippen LogP contribution is 2.38. The van der Waals surface area contributed by atoms with Crippen molar-refractivity contribution in [3.8, 4) is 0 Å². The average molecular weight is 306 g/mol. The quantitative estimate of drug-likeness (QED) is 0.356. The van der Waals surface area contributed by atoms with Crippen LogP contribution < -0.4 is 0 Å². The summed E-state index contributed by atoms with van der Waals surface area (Å²) in [6, 6.07) is 10.0. The number of unbranched alkanes of at least 4 members (excludes halogenated alkanes) is 4. The number of carbonyl (C=O) groups excluding carboxylic acids is 1. The molecule has 1 aromatic carbocycles. The first-order valence-electron chi connectivity index (χ1n) is 8.25. The van der Waals surface area contributed by atoms with Crippen molar-refractivity contribution in [1.82, 2.24) is 0 Å². The second kappa shape index (κ2) is 9.59. The topological polar surface area (TPSA) is 48.1 Å². The molecule has 1 aliphatic heterocycles. The van der Waals surface area contributed by atoms with Crippen LogP contribution in [0, 0.1) is 0 Å². The second-order valence-corrected chi connectivity index (χ2v) is 5.66. The van der Waals surface area contributed by atoms with Gasteiger partial charge < -0.3 is 14.2 Å². The van der Waals surface area contributed by atoms with E-state index < -0.39 is 0 Å². The molecule has 2 unspecified atom stereocenters. The smallest absolute Gasteiger partial charge is 0.332 e. The summed E-state index contributed by atoms with van der Waals surface area (Å²) in [7, 11) is 0. The van der Waals surface area contributed by atoms with E-state index in [0.29, 0.717) is 13.2 Å². The van der Waals surface area contributed by atoms with Gasteiger partial charge in [-0.2, -0.15) is 0 Å². The third kappa shape index (κ3) is 6.16. The van der Waals surface area contributed by atoms with E-state index in [0.717, 1.165) is 18.4 Å². The zero-order chi connectivity index (χ0) is 15.6. The van der Waals surface area contributed by atoms with Crippen LogP contribution in [0.3, 0.4) is 0 Å². The van der Waals surface area contributed by atoms with Gasteiger partial charge in [0.15, 0.2) is 0 Å². The van der Waals surface area contributed by atoms with Crippen molar-refractivity contribution in [3.05, 3.63) is 35.9 Å². The van der Waals surface area contributed by atoms with Crippen molar-refractivity contribution in [1.29, 1.82) is 0 Å². The molecule has 1 fully saturated rings. The van der Waals surface area contributed by atoms with Crippen LogP contribution in [-0.4, -0.2) is 31.9 Å². The summed E-state index contributed by atoms with van der Waals surface area (Å²) in [4.78, 5) is 11.5. The van der Waals surface area contributed by atoms with Gasteiger partial charge in [0.1, 0.15) is 18.8 Å². The van der Waals surface area contributed by atoms with E-state index in [1.54, 1.807) is 0 Å². The first kappa shape index (κ1) is 17.0. The number of epoxide rings is 1. The number of ether oxygens (including phenoxy) is 3. The minimum Gasteiger partial charge on any atom is -0.464 e. The summed E-state index contributed by atoms with van der Waals surface area (Å²) in [5.74, 6) is -0.285. The molecule has 0 spiro atoms. The van der Waals surface area contributed by atoms with Crippen molar-refractivity contribution >= 4 is 5.97 Å². The van der Waals surface area contributed by atoms with Gasteiger partial charge in [0, 0.05) is 0 Å². The third-order valence-corrected chi connectivity index (χ3v) is 3.72. The Balaban J connectivity index is 1.47. The van der Waals surface area contributed by atoms with Gasteiger partial charge >= 0.3 is 5.97 Å². The highest BCUT2D eigenvalue weighted by molar-refractivity contribution is 5.70. The van der Waals surface area contributed by atoms with Crippen LogP contribution in [0.4, 0.5) is 0 Å². The fourth-order valence-corrected chi connectivity index (χ4v) is 2.40. The molecule has 1 saturated heterocycles. The number of hydrogen-bond acceptors (Lipinski definition) is 4. The first-order chi connectivity index (χ1) is 10.8. The van der Waals surface area contributed by atoms with Gasteiger partial charge in [-0.05, 0) is 12.0 Å². The minimum atomic E-state index is -0.285. The zero-order valence-electron chi connectivity index (χ0n) is 13.3. The lowest BCUT2D eigenvalue weighted by atomic mass is 10.1. The standard InChI is InChI=1S/C18H26O4/c1-2-3-4-5-9-12-21-17(19)14-20-13-16-18(22-16)15-10-7-6-8-11-15/h6-8,10-11,16,18H,2-5,9,12-14H2,1H3. The Kier molecular flexibility index (Phi) is 7.40. The molecule has 4 heteroatoms. The van der Waals surface area contributed by atoms with Gasteiger partial charge in [-0.25, -0.2) is 4.79 Å². The predicted molar refractivity (Wildman–Crippen MR) is 84.6 cm³/mol. The van der Waals surface area contributed by atoms with E-state index in [1.165, 1.54) is 19.3 Å². The number of rotatable bonds is 11. The highest BCUT2D eigenvalue weighted by Gasteiger charge is 2.40. The van der Waals surface area contributed by atoms with Gasteiger partial charge in [-0.1, -0.05) is 62.9 Å². The Morgan fingerprint density at radius 3 is 2.68 bits per heavy atom. The maximum absolute atomic E-state index is 11.5. The highest BCUT2D eigenvalue weighted by atomic mass is 16.6. The maximum atomic E-state index is 11.5. The Morgan fingerprint density at radius 1 is 1.14 bits per heavy atom. The predicted octanol–water partition coefficient (Wildman–Crippen LogP) is 3.66. The molecule has 22 heavy (non-hydrogen) atoms. The van der Waals surface area contributed by atoms with Crippen LogP contribution in [0.1, 0.15) is 50.7 Å². The van der Waals surface area contributed by atoms with Crippen LogP contribution in [-0.2, 0) is 19.0 Å². The Bertz CT molecular complexity index is 432. The molecule has 0 radical (unpaired) electrons. The van der Waals surface area contributed by atoms with Crippen LogP contribution in [0.15, 0.2) is 30.3 Å². The summed E-state index contributed by atoms with van der Waals surface area (Å²) in [5, 5.41) is 0. The normalized spacial score (nSPS) is 19.9. The molecule has 1 heterocycles. The lowest BCUT2D eigenvalue weighted by molar-refractivity contribution is -0.149. The monoisotopic (exact) mass is 306 g/mol. The fourth-order valence-electron chi connectivity index (χ4n) is 2.40. The maximum Gasteiger partial charge on any atom is 0.332 e. The molecule has 0 N–H and O–H groups in total. The molecule has 2 atom stereocenters. The zero-order valence-corrected chi connectivity index (χ0v) is 13.3. The molecule has 2 rings (SSSR count). The molecule has 1 aromatic rings. The molecular weight excluding hydrogens is 280 g/mol. The molecule has 4 nitrogen and oxygen atoms in total. The summed E-state index contributed by atoms with van der Waals surface area (Å²) >= 11 is 0. The van der Waals surface area contributed by atoms with E-state index in [4.69, 9.17) is 14.2 Å². The molecule has 0 amide bonds. The van der Waals surface area contributed by atoms with Gasteiger partial charge in [0.25, 0.3) is 0 Å². The number of carbonyl (C=O) groups is 1. The van der Waals surface area contributed by atoms with Crippen LogP contribution >= 0.6 is 0 Å². The largest absolute Gasteiger partial charge is 0.464 e. The fraction of sp³-hybridized carbons (Fsp3) is 0.611. The van der Waals surface area contributed by atoms with Gasteiger partial charge in [-0.15, -0.1) is 0 Å². The third-order valence-electron chi connectivity index (χ3n) is 3.72. The van der Waals surface area contributed by atoms with E-state index in [1.807, 2.05) is 30.3 Å². The summed E-state index contributed by atoms with van der Waals surface area (Å²) in [6.07, 6.45) is 5.91. The Morgan fingerprint density at radius 2 is 1.91 bits per heavy atom. The van der Waals surface area contributed by atoms with Gasteiger partial charge in [0.05, 0.1) is 13.2 Å². The van der Waals surface area contributed by atoms with Gasteiger partial charge in [-0.3, -0.25) is 0 Å². The summed E-state index contributed by atoms with van der Waals surface area (Å²) in [6.45, 7) is 3.13. The number of hydrogen-bond donors (Lipinski definition) is 0. The van der Waals surface area contributed by atoms with Crippen LogP contribution in [0.5, 0.6) is 0 Å². The van der Waals surface area contributed by atoms with E-state index in [2.05, 4.69) is 6.92 Å². The van der Waals surface area contributed by atoms with Crippen LogP contribution in [0.2, 0.25) is 0 Å². The Labute approximate surface area is 132 Å². The molecule has 0 aromatic heterocycles. The molecule has 0 aliphatic carbocycles. The minimum absolute atomic E-state index is 0.0102. The van der Waals surface area contributed by atoms with E-state index >= 15 is 0 Å². The van der Waals surface area contributed by atoms with Crippen molar-refractivity contribution < 1.29 is 19.0 Å². The van der Waals surface area contributed by atoms with Crippen molar-refractivity contribution in [2.24, 2.45) is 0 Å². The summed E-state index contributed by atoms with van der Waals surface area (Å²) in [5.41, 5.74) is 1.16. The Hall–Kier alpha value is -1.39. The molecule has 122 valence electrons. The van der Waals surface area contributed by atoms with Crippen molar-refractivity contribution in [3.63, 3.8) is 0 Å². The van der Waals surface area contributed by atoms with Crippen molar-refractivity contribution in [2.75, 3.05) is 19.8 Å². The molecular formula is C18H26O4. The van der Waals surface area contributed by atoms with Crippen molar-refractivity contribution in [2.45, 2.75) is 51.2 Å². The van der Waals surface area contributed by atoms with Gasteiger partial charge in [0.2, 0.25) is 0 Å². The van der Waals surface area contributed by atoms with E-state index in [9.17, 15) is 4.79 Å². The molecule has 0 bridgehead atoms. The lowest BCUT2D eigenvalue weighted by Gasteiger charge is -2.05. The SMILES string of the molecule is CCCCCCCOC(=O)COCC1OC1c1ccccc1. The second-order valence-electron chi connectivity index (χ2n) is 5.66. The summed E-state index contributed by atoms with van der Waals surface area (Å²) < 4.78 is 16.0.